The predicted octanol–water partition coefficient (Wildman–Crippen LogP) is 3.90. The summed E-state index contributed by atoms with van der Waals surface area (Å²) in [6.07, 6.45) is 2.11. The largest absolute Gasteiger partial charge is 0.490 e. The van der Waals surface area contributed by atoms with E-state index in [1.807, 2.05) is 26.2 Å². The lowest BCUT2D eigenvalue weighted by Crippen LogP contribution is -2.47. The second-order valence-electron chi connectivity index (χ2n) is 7.19. The van der Waals surface area contributed by atoms with Crippen molar-refractivity contribution in [1.82, 2.24) is 10.0 Å². The quantitative estimate of drug-likeness (QED) is 0.435. The molecule has 182 valence electrons. The molecular formula is C23H31FN2O5S2. The summed E-state index contributed by atoms with van der Waals surface area (Å²) >= 11 is 1.48. The van der Waals surface area contributed by atoms with E-state index in [1.165, 1.54) is 30.0 Å². The molecular weight excluding hydrogens is 467 g/mol. The summed E-state index contributed by atoms with van der Waals surface area (Å²) in [5.41, 5.74) is 0.774. The molecule has 2 aromatic rings. The molecule has 2 N–H and O–H groups in total. The van der Waals surface area contributed by atoms with Gasteiger partial charge in [0.1, 0.15) is 16.8 Å². The molecule has 0 saturated heterocycles. The van der Waals surface area contributed by atoms with Gasteiger partial charge < -0.3 is 14.8 Å². The standard InChI is InChI=1S/C23H31FN2O5S2/c1-5-30-20-12-11-17(15-21(20)31-6-2)16(3)25-23(27)19(13-14-32-4)26-33(28,29)22-10-8-7-9-18(22)24/h7-12,15-16,19,26H,5-6,13-14H2,1-4H3,(H,25,27). The van der Waals surface area contributed by atoms with Crippen molar-refractivity contribution in [3.05, 3.63) is 53.8 Å². The second kappa shape index (κ2) is 12.8. The molecule has 0 aliphatic carbocycles. The molecule has 33 heavy (non-hydrogen) atoms. The van der Waals surface area contributed by atoms with Crippen molar-refractivity contribution in [2.45, 2.75) is 44.2 Å². The monoisotopic (exact) mass is 498 g/mol. The maximum Gasteiger partial charge on any atom is 0.244 e. The van der Waals surface area contributed by atoms with Crippen LogP contribution >= 0.6 is 11.8 Å². The first kappa shape index (κ1) is 26.9. The SMILES string of the molecule is CCOc1ccc(C(C)NC(=O)C(CCSC)NS(=O)(=O)c2ccccc2F)cc1OCC. The molecule has 2 atom stereocenters. The van der Waals surface area contributed by atoms with Crippen LogP contribution < -0.4 is 19.5 Å². The number of nitrogens with one attached hydrogen (secondary N) is 2. The van der Waals surface area contributed by atoms with Crippen molar-refractivity contribution in [3.8, 4) is 11.5 Å². The Morgan fingerprint density at radius 3 is 2.39 bits per heavy atom. The first-order valence-corrected chi connectivity index (χ1v) is 13.6. The highest BCUT2D eigenvalue weighted by Crippen LogP contribution is 2.30. The zero-order valence-electron chi connectivity index (χ0n) is 19.3. The summed E-state index contributed by atoms with van der Waals surface area (Å²) in [4.78, 5) is 12.5. The fourth-order valence-corrected chi connectivity index (χ4v) is 4.91. The number of halogens is 1. The Hall–Kier alpha value is -2.30. The molecule has 0 spiro atoms. The fraction of sp³-hybridized carbons (Fsp3) is 0.435. The Balaban J connectivity index is 2.20. The van der Waals surface area contributed by atoms with E-state index in [-0.39, 0.29) is 6.42 Å². The maximum atomic E-state index is 14.1. The van der Waals surface area contributed by atoms with Gasteiger partial charge in [-0.05, 0) is 69.0 Å². The fourth-order valence-electron chi connectivity index (χ4n) is 3.13. The van der Waals surface area contributed by atoms with Crippen LogP contribution in [0.3, 0.4) is 0 Å². The van der Waals surface area contributed by atoms with Gasteiger partial charge >= 0.3 is 0 Å². The highest BCUT2D eigenvalue weighted by molar-refractivity contribution is 7.98. The van der Waals surface area contributed by atoms with Crippen LogP contribution in [0.1, 0.15) is 38.8 Å². The Labute approximate surface area is 199 Å². The smallest absolute Gasteiger partial charge is 0.244 e. The Bertz CT molecular complexity index is 1030. The molecule has 0 fully saturated rings. The number of sulfonamides is 1. The van der Waals surface area contributed by atoms with Crippen LogP contribution in [-0.2, 0) is 14.8 Å². The van der Waals surface area contributed by atoms with Crippen molar-refractivity contribution >= 4 is 27.7 Å². The second-order valence-corrected chi connectivity index (χ2v) is 9.86. The van der Waals surface area contributed by atoms with E-state index in [0.29, 0.717) is 30.5 Å². The minimum atomic E-state index is -4.22. The van der Waals surface area contributed by atoms with E-state index in [2.05, 4.69) is 10.0 Å². The summed E-state index contributed by atoms with van der Waals surface area (Å²) < 4.78 is 53.1. The highest BCUT2D eigenvalue weighted by Gasteiger charge is 2.28. The van der Waals surface area contributed by atoms with E-state index < -0.39 is 38.7 Å². The normalized spacial score (nSPS) is 13.2. The summed E-state index contributed by atoms with van der Waals surface area (Å²) in [7, 11) is -4.22. The Kier molecular flexibility index (Phi) is 10.5. The average molecular weight is 499 g/mol. The van der Waals surface area contributed by atoms with E-state index in [1.54, 1.807) is 19.1 Å². The summed E-state index contributed by atoms with van der Waals surface area (Å²) in [5, 5.41) is 2.85. The lowest BCUT2D eigenvalue weighted by atomic mass is 10.1. The molecule has 0 saturated carbocycles. The number of carbonyl (C=O) groups excluding carboxylic acids is 1. The first-order valence-electron chi connectivity index (χ1n) is 10.7. The van der Waals surface area contributed by atoms with Crippen LogP contribution in [0.5, 0.6) is 11.5 Å². The van der Waals surface area contributed by atoms with Gasteiger partial charge in [-0.25, -0.2) is 12.8 Å². The van der Waals surface area contributed by atoms with Crippen molar-refractivity contribution in [1.29, 1.82) is 0 Å². The number of hydrogen-bond acceptors (Lipinski definition) is 6. The number of benzene rings is 2. The van der Waals surface area contributed by atoms with Gasteiger partial charge in [-0.3, -0.25) is 4.79 Å². The van der Waals surface area contributed by atoms with E-state index in [0.717, 1.165) is 11.6 Å². The number of thioether (sulfide) groups is 1. The first-order chi connectivity index (χ1) is 15.7. The molecule has 2 aromatic carbocycles. The van der Waals surface area contributed by atoms with Gasteiger partial charge in [0.15, 0.2) is 11.5 Å². The number of rotatable bonds is 13. The zero-order valence-corrected chi connectivity index (χ0v) is 20.9. The van der Waals surface area contributed by atoms with Crippen LogP contribution in [0.2, 0.25) is 0 Å². The number of ether oxygens (including phenoxy) is 2. The van der Waals surface area contributed by atoms with Crippen molar-refractivity contribution < 1.29 is 27.1 Å². The molecule has 0 bridgehead atoms. The van der Waals surface area contributed by atoms with Gasteiger partial charge in [-0.15, -0.1) is 0 Å². The van der Waals surface area contributed by atoms with Crippen molar-refractivity contribution in [3.63, 3.8) is 0 Å². The average Bonchev–Trinajstić information content (AvgIpc) is 2.78. The van der Waals surface area contributed by atoms with Gasteiger partial charge in [0, 0.05) is 0 Å². The van der Waals surface area contributed by atoms with Crippen LogP contribution in [0.15, 0.2) is 47.4 Å². The third-order valence-electron chi connectivity index (χ3n) is 4.78. The van der Waals surface area contributed by atoms with Gasteiger partial charge in [0.05, 0.1) is 19.3 Å². The van der Waals surface area contributed by atoms with Gasteiger partial charge in [0.2, 0.25) is 15.9 Å². The number of amides is 1. The molecule has 10 heteroatoms. The van der Waals surface area contributed by atoms with Gasteiger partial charge in [0.25, 0.3) is 0 Å². The number of hydrogen-bond donors (Lipinski definition) is 2. The van der Waals surface area contributed by atoms with Crippen LogP contribution in [0.4, 0.5) is 4.39 Å². The third kappa shape index (κ3) is 7.62. The minimum absolute atomic E-state index is 0.251. The molecule has 0 radical (unpaired) electrons. The molecule has 7 nitrogen and oxygen atoms in total. The minimum Gasteiger partial charge on any atom is -0.490 e. The lowest BCUT2D eigenvalue weighted by molar-refractivity contribution is -0.123. The van der Waals surface area contributed by atoms with Crippen LogP contribution in [-0.4, -0.2) is 45.6 Å². The molecule has 2 rings (SSSR count). The molecule has 0 aliphatic rings. The lowest BCUT2D eigenvalue weighted by Gasteiger charge is -2.22. The Morgan fingerprint density at radius 1 is 1.09 bits per heavy atom. The van der Waals surface area contributed by atoms with Gasteiger partial charge in [-0.1, -0.05) is 18.2 Å². The molecule has 0 aromatic heterocycles. The molecule has 0 aliphatic heterocycles. The predicted molar refractivity (Wildman–Crippen MR) is 129 cm³/mol. The molecule has 0 heterocycles. The summed E-state index contributed by atoms with van der Waals surface area (Å²) in [6.45, 7) is 6.49. The molecule has 2 unspecified atom stereocenters. The topological polar surface area (TPSA) is 93.7 Å². The zero-order chi connectivity index (χ0) is 24.4. The van der Waals surface area contributed by atoms with Gasteiger partial charge in [-0.2, -0.15) is 16.5 Å². The third-order valence-corrected chi connectivity index (χ3v) is 6.93. The summed E-state index contributed by atoms with van der Waals surface area (Å²) in [5.74, 6) is 0.349. The van der Waals surface area contributed by atoms with Crippen molar-refractivity contribution in [2.24, 2.45) is 0 Å². The van der Waals surface area contributed by atoms with E-state index >= 15 is 0 Å². The number of carbonyl (C=O) groups is 1. The highest BCUT2D eigenvalue weighted by atomic mass is 32.2. The van der Waals surface area contributed by atoms with E-state index in [4.69, 9.17) is 9.47 Å². The Morgan fingerprint density at radius 2 is 1.76 bits per heavy atom. The van der Waals surface area contributed by atoms with Crippen molar-refractivity contribution in [2.75, 3.05) is 25.2 Å². The van der Waals surface area contributed by atoms with Crippen LogP contribution in [0, 0.1) is 5.82 Å². The van der Waals surface area contributed by atoms with E-state index in [9.17, 15) is 17.6 Å². The molecule has 1 amide bonds. The maximum absolute atomic E-state index is 14.1. The summed E-state index contributed by atoms with van der Waals surface area (Å²) in [6, 6.07) is 8.96. The van der Waals surface area contributed by atoms with Crippen LogP contribution in [0.25, 0.3) is 0 Å².